The topological polar surface area (TPSA) is 123 Å². The van der Waals surface area contributed by atoms with E-state index in [0.717, 1.165) is 64.0 Å². The second-order valence-electron chi connectivity index (χ2n) is 10.6. The van der Waals surface area contributed by atoms with Gasteiger partial charge in [-0.15, -0.1) is 0 Å². The fourth-order valence-electron chi connectivity index (χ4n) is 5.65. The number of aryl methyl sites for hydroxylation is 1. The van der Waals surface area contributed by atoms with Crippen molar-refractivity contribution in [2.45, 2.75) is 65.3 Å². The third kappa shape index (κ3) is 5.84. The summed E-state index contributed by atoms with van der Waals surface area (Å²) >= 11 is 0. The third-order valence-corrected chi connectivity index (χ3v) is 7.84. The Kier molecular flexibility index (Phi) is 8.39. The molecular weight excluding hydrogens is 510 g/mol. The maximum absolute atomic E-state index is 13.4. The maximum atomic E-state index is 13.4. The van der Waals surface area contributed by atoms with Gasteiger partial charge in [0.15, 0.2) is 5.78 Å². The number of nitrogens with zero attached hydrogens (tertiary/aromatic N) is 6. The second-order valence-corrected chi connectivity index (χ2v) is 10.6. The van der Waals surface area contributed by atoms with Gasteiger partial charge in [0.25, 0.3) is 5.56 Å². The van der Waals surface area contributed by atoms with Gasteiger partial charge in [0, 0.05) is 50.2 Å². The summed E-state index contributed by atoms with van der Waals surface area (Å²) in [4.78, 5) is 55.6. The van der Waals surface area contributed by atoms with Crippen LogP contribution in [-0.4, -0.2) is 69.1 Å². The van der Waals surface area contributed by atoms with Crippen LogP contribution < -0.4 is 15.8 Å². The Bertz CT molecular complexity index is 1440. The molecule has 11 heteroatoms. The molecule has 0 atom stereocenters. The molecule has 1 aliphatic heterocycles. The second kappa shape index (κ2) is 12.1. The van der Waals surface area contributed by atoms with Gasteiger partial charge in [0.2, 0.25) is 5.95 Å². The number of ether oxygens (including phenoxy) is 1. The zero-order valence-corrected chi connectivity index (χ0v) is 23.5. The molecular formula is C29H37N7O4. The SMILES string of the molecule is CCCC(=O)OCN1CCN(c2ccc(Nc3ncc4c(C)c(C(C)=O)c(=O)n(C5CCCC5)c4n3)nc2)CC1. The summed E-state index contributed by atoms with van der Waals surface area (Å²) in [6.07, 6.45) is 8.64. The van der Waals surface area contributed by atoms with Crippen LogP contribution in [0.2, 0.25) is 0 Å². The maximum Gasteiger partial charge on any atom is 0.307 e. The molecule has 1 N–H and O–H groups in total. The molecule has 0 unspecified atom stereocenters. The van der Waals surface area contributed by atoms with Crippen LogP contribution in [0.3, 0.4) is 0 Å². The third-order valence-electron chi connectivity index (χ3n) is 7.84. The van der Waals surface area contributed by atoms with Crippen molar-refractivity contribution in [1.82, 2.24) is 24.4 Å². The minimum absolute atomic E-state index is 0.0257. The average Bonchev–Trinajstić information content (AvgIpc) is 3.47. The lowest BCUT2D eigenvalue weighted by atomic mass is 10.0. The number of carbonyl (C=O) groups excluding carboxylic acids is 2. The molecule has 2 fully saturated rings. The first-order valence-corrected chi connectivity index (χ1v) is 14.1. The summed E-state index contributed by atoms with van der Waals surface area (Å²) in [6.45, 7) is 8.76. The number of hydrogen-bond donors (Lipinski definition) is 1. The average molecular weight is 548 g/mol. The molecule has 0 aromatic carbocycles. The van der Waals surface area contributed by atoms with Gasteiger partial charge >= 0.3 is 5.97 Å². The summed E-state index contributed by atoms with van der Waals surface area (Å²) in [7, 11) is 0. The molecule has 40 heavy (non-hydrogen) atoms. The number of nitrogens with one attached hydrogen (secondary N) is 1. The summed E-state index contributed by atoms with van der Waals surface area (Å²) in [5.74, 6) is 0.557. The molecule has 0 bridgehead atoms. The highest BCUT2D eigenvalue weighted by Crippen LogP contribution is 2.32. The molecule has 2 aliphatic rings. The lowest BCUT2D eigenvalue weighted by Crippen LogP contribution is -2.47. The number of piperazine rings is 1. The predicted molar refractivity (Wildman–Crippen MR) is 153 cm³/mol. The van der Waals surface area contributed by atoms with E-state index in [0.29, 0.717) is 41.5 Å². The van der Waals surface area contributed by atoms with Crippen LogP contribution in [0.15, 0.2) is 29.3 Å². The number of esters is 1. The normalized spacial score (nSPS) is 16.4. The van der Waals surface area contributed by atoms with E-state index >= 15 is 0 Å². The summed E-state index contributed by atoms with van der Waals surface area (Å²) < 4.78 is 7.04. The Morgan fingerprint density at radius 2 is 1.82 bits per heavy atom. The van der Waals surface area contributed by atoms with Gasteiger partial charge in [-0.1, -0.05) is 19.8 Å². The monoisotopic (exact) mass is 547 g/mol. The Hall–Kier alpha value is -3.86. The lowest BCUT2D eigenvalue weighted by Gasteiger charge is -2.35. The first-order chi connectivity index (χ1) is 19.4. The van der Waals surface area contributed by atoms with Crippen LogP contribution in [0.4, 0.5) is 17.5 Å². The molecule has 3 aromatic heterocycles. The van der Waals surface area contributed by atoms with Gasteiger partial charge in [-0.25, -0.2) is 9.97 Å². The van der Waals surface area contributed by atoms with Crippen molar-refractivity contribution in [3.05, 3.63) is 46.0 Å². The van der Waals surface area contributed by atoms with Crippen LogP contribution in [0.1, 0.15) is 74.3 Å². The van der Waals surface area contributed by atoms with Crippen molar-refractivity contribution in [3.63, 3.8) is 0 Å². The Morgan fingerprint density at radius 1 is 1.07 bits per heavy atom. The number of Topliss-reactive ketones (excluding diaryl/α,β-unsaturated/α-hetero) is 1. The fourth-order valence-corrected chi connectivity index (χ4v) is 5.65. The van der Waals surface area contributed by atoms with Crippen molar-refractivity contribution >= 4 is 40.2 Å². The van der Waals surface area contributed by atoms with Crippen LogP contribution in [0.25, 0.3) is 11.0 Å². The van der Waals surface area contributed by atoms with Crippen molar-refractivity contribution in [1.29, 1.82) is 0 Å². The highest BCUT2D eigenvalue weighted by molar-refractivity contribution is 5.99. The number of aromatic nitrogens is 4. The highest BCUT2D eigenvalue weighted by Gasteiger charge is 2.26. The van der Waals surface area contributed by atoms with Crippen LogP contribution >= 0.6 is 0 Å². The Balaban J connectivity index is 1.30. The molecule has 0 spiro atoms. The van der Waals surface area contributed by atoms with E-state index in [2.05, 4.69) is 25.1 Å². The molecule has 11 nitrogen and oxygen atoms in total. The molecule has 5 rings (SSSR count). The van der Waals surface area contributed by atoms with Crippen LogP contribution in [0.5, 0.6) is 0 Å². The molecule has 0 radical (unpaired) electrons. The van der Waals surface area contributed by atoms with Gasteiger partial charge in [-0.3, -0.25) is 23.9 Å². The zero-order valence-electron chi connectivity index (χ0n) is 23.5. The lowest BCUT2D eigenvalue weighted by molar-refractivity contribution is -0.148. The van der Waals surface area contributed by atoms with Gasteiger partial charge < -0.3 is 15.0 Å². The number of carbonyl (C=O) groups is 2. The molecule has 1 saturated heterocycles. The molecule has 3 aromatic rings. The van der Waals surface area contributed by atoms with Crippen LogP contribution in [-0.2, 0) is 9.53 Å². The number of hydrogen-bond acceptors (Lipinski definition) is 10. The van der Waals surface area contributed by atoms with E-state index in [-0.39, 0.29) is 28.9 Å². The van der Waals surface area contributed by atoms with Crippen molar-refractivity contribution in [3.8, 4) is 0 Å². The van der Waals surface area contributed by atoms with Crippen molar-refractivity contribution in [2.75, 3.05) is 43.1 Å². The van der Waals surface area contributed by atoms with Gasteiger partial charge in [0.1, 0.15) is 18.2 Å². The fraction of sp³-hybridized carbons (Fsp3) is 0.517. The van der Waals surface area contributed by atoms with E-state index in [1.807, 2.05) is 25.3 Å². The molecule has 4 heterocycles. The molecule has 0 amide bonds. The smallest absolute Gasteiger partial charge is 0.307 e. The van der Waals surface area contributed by atoms with Gasteiger partial charge in [-0.05, 0) is 50.8 Å². The van der Waals surface area contributed by atoms with Crippen molar-refractivity contribution < 1.29 is 14.3 Å². The van der Waals surface area contributed by atoms with E-state index in [1.165, 1.54) is 6.92 Å². The molecule has 1 aliphatic carbocycles. The highest BCUT2D eigenvalue weighted by atomic mass is 16.5. The number of fused-ring (bicyclic) bond motifs is 1. The van der Waals surface area contributed by atoms with Crippen LogP contribution in [0, 0.1) is 6.92 Å². The van der Waals surface area contributed by atoms with E-state index in [9.17, 15) is 14.4 Å². The number of ketones is 1. The summed E-state index contributed by atoms with van der Waals surface area (Å²) in [5, 5.41) is 3.89. The first kappa shape index (κ1) is 27.7. The summed E-state index contributed by atoms with van der Waals surface area (Å²) in [6, 6.07) is 3.92. The van der Waals surface area contributed by atoms with Crippen molar-refractivity contribution in [2.24, 2.45) is 0 Å². The zero-order chi connectivity index (χ0) is 28.2. The number of rotatable bonds is 9. The van der Waals surface area contributed by atoms with E-state index in [1.54, 1.807) is 17.7 Å². The molecule has 1 saturated carbocycles. The Morgan fingerprint density at radius 3 is 2.48 bits per heavy atom. The van der Waals surface area contributed by atoms with Gasteiger partial charge in [-0.2, -0.15) is 4.98 Å². The van der Waals surface area contributed by atoms with E-state index < -0.39 is 0 Å². The van der Waals surface area contributed by atoms with E-state index in [4.69, 9.17) is 9.72 Å². The minimum Gasteiger partial charge on any atom is -0.449 e. The first-order valence-electron chi connectivity index (χ1n) is 14.1. The predicted octanol–water partition coefficient (Wildman–Crippen LogP) is 3.98. The number of pyridine rings is 2. The minimum atomic E-state index is -0.268. The molecule has 212 valence electrons. The summed E-state index contributed by atoms with van der Waals surface area (Å²) in [5.41, 5.74) is 2.13. The largest absolute Gasteiger partial charge is 0.449 e. The number of anilines is 3. The van der Waals surface area contributed by atoms with Gasteiger partial charge in [0.05, 0.1) is 17.4 Å². The quantitative estimate of drug-likeness (QED) is 0.311. The Labute approximate surface area is 233 Å². The standard InChI is InChI=1S/C29H37N7O4/c1-4-7-25(38)40-18-34-12-14-35(15-13-34)22-10-11-24(30-16-22)32-29-31-17-23-19(2)26(20(3)37)28(39)36(27(23)33-29)21-8-5-6-9-21/h10-11,16-17,21H,4-9,12-15,18H2,1-3H3,(H,30,31,32,33).